The zero-order valence-corrected chi connectivity index (χ0v) is 12.0. The van der Waals surface area contributed by atoms with Gasteiger partial charge in [-0.1, -0.05) is 6.92 Å². The minimum Gasteiger partial charge on any atom is -0.479 e. The first kappa shape index (κ1) is 15.3. The van der Waals surface area contributed by atoms with E-state index in [1.807, 2.05) is 0 Å². The van der Waals surface area contributed by atoms with Crippen molar-refractivity contribution in [2.75, 3.05) is 32.8 Å². The van der Waals surface area contributed by atoms with E-state index in [1.165, 1.54) is 12.8 Å². The summed E-state index contributed by atoms with van der Waals surface area (Å²) in [5.41, 5.74) is 0. The summed E-state index contributed by atoms with van der Waals surface area (Å²) in [7, 11) is 0. The van der Waals surface area contributed by atoms with Gasteiger partial charge in [-0.25, -0.2) is 4.79 Å². The molecule has 0 aliphatic carbocycles. The maximum absolute atomic E-state index is 12.3. The molecule has 2 fully saturated rings. The summed E-state index contributed by atoms with van der Waals surface area (Å²) in [5, 5.41) is 12.3. The number of hydrogen-bond donors (Lipinski definition) is 2. The maximum atomic E-state index is 12.3. The van der Waals surface area contributed by atoms with Crippen molar-refractivity contribution in [3.8, 4) is 0 Å². The van der Waals surface area contributed by atoms with Gasteiger partial charge in [-0.2, -0.15) is 0 Å². The van der Waals surface area contributed by atoms with E-state index in [2.05, 4.69) is 12.2 Å². The molecule has 2 rings (SSSR count). The molecule has 0 aromatic carbocycles. The number of hydrogen-bond acceptors (Lipinski definition) is 4. The Labute approximate surface area is 119 Å². The molecule has 6 nitrogen and oxygen atoms in total. The molecule has 0 spiro atoms. The van der Waals surface area contributed by atoms with Crippen LogP contribution in [0.1, 0.15) is 26.2 Å². The molecule has 0 aromatic rings. The first-order chi connectivity index (χ1) is 9.58. The van der Waals surface area contributed by atoms with Crippen LogP contribution in [0.4, 0.5) is 0 Å². The number of nitrogens with zero attached hydrogens (tertiary/aromatic N) is 1. The Morgan fingerprint density at radius 3 is 2.95 bits per heavy atom. The molecule has 0 radical (unpaired) electrons. The molecule has 0 bridgehead atoms. The molecule has 2 aliphatic rings. The second-order valence-corrected chi connectivity index (χ2v) is 5.83. The summed E-state index contributed by atoms with van der Waals surface area (Å²) < 4.78 is 5.14. The van der Waals surface area contributed by atoms with Crippen molar-refractivity contribution in [3.63, 3.8) is 0 Å². The average molecular weight is 284 g/mol. The Bertz CT molecular complexity index is 355. The average Bonchev–Trinajstić information content (AvgIpc) is 2.48. The zero-order valence-electron chi connectivity index (χ0n) is 12.0. The van der Waals surface area contributed by atoms with Gasteiger partial charge in [0.1, 0.15) is 0 Å². The zero-order chi connectivity index (χ0) is 14.5. The molecule has 1 amide bonds. The number of nitrogens with one attached hydrogen (secondary N) is 1. The second-order valence-electron chi connectivity index (χ2n) is 5.83. The number of carbonyl (C=O) groups excluding carboxylic acids is 1. The Kier molecular flexibility index (Phi) is 5.37. The smallest absolute Gasteiger partial charge is 0.334 e. The first-order valence-corrected chi connectivity index (χ1v) is 7.41. The lowest BCUT2D eigenvalue weighted by atomic mass is 9.85. The predicted molar refractivity (Wildman–Crippen MR) is 73.3 cm³/mol. The normalized spacial score (nSPS) is 28.9. The van der Waals surface area contributed by atoms with Crippen molar-refractivity contribution in [3.05, 3.63) is 0 Å². The third-order valence-electron chi connectivity index (χ3n) is 4.33. The van der Waals surface area contributed by atoms with E-state index >= 15 is 0 Å². The van der Waals surface area contributed by atoms with Crippen LogP contribution in [0.15, 0.2) is 0 Å². The van der Waals surface area contributed by atoms with Gasteiger partial charge < -0.3 is 20.1 Å². The number of morpholine rings is 1. The summed E-state index contributed by atoms with van der Waals surface area (Å²) >= 11 is 0. The van der Waals surface area contributed by atoms with Crippen LogP contribution in [-0.4, -0.2) is 60.8 Å². The number of aliphatic carboxylic acids is 1. The van der Waals surface area contributed by atoms with E-state index in [1.54, 1.807) is 4.90 Å². The second kappa shape index (κ2) is 7.04. The number of rotatable bonds is 4. The van der Waals surface area contributed by atoms with Crippen LogP contribution in [0.25, 0.3) is 0 Å². The fraction of sp³-hybridized carbons (Fsp3) is 0.857. The van der Waals surface area contributed by atoms with Gasteiger partial charge in [0.15, 0.2) is 6.10 Å². The van der Waals surface area contributed by atoms with Crippen molar-refractivity contribution in [2.45, 2.75) is 32.3 Å². The molecule has 3 atom stereocenters. The van der Waals surface area contributed by atoms with Crippen molar-refractivity contribution in [1.29, 1.82) is 0 Å². The highest BCUT2D eigenvalue weighted by molar-refractivity contribution is 5.78. The van der Waals surface area contributed by atoms with Gasteiger partial charge in [0.05, 0.1) is 13.2 Å². The quantitative estimate of drug-likeness (QED) is 0.777. The molecular formula is C14H24N2O4. The predicted octanol–water partition coefficient (Wildman–Crippen LogP) is 0.324. The van der Waals surface area contributed by atoms with Crippen molar-refractivity contribution in [1.82, 2.24) is 10.2 Å². The summed E-state index contributed by atoms with van der Waals surface area (Å²) in [6.07, 6.45) is 1.96. The van der Waals surface area contributed by atoms with Crippen molar-refractivity contribution < 1.29 is 19.4 Å². The Balaban J connectivity index is 1.82. The number of piperidine rings is 1. The molecule has 2 N–H and O–H groups in total. The number of carboxylic acid groups (broad SMARTS) is 1. The molecule has 114 valence electrons. The lowest BCUT2D eigenvalue weighted by Crippen LogP contribution is -2.49. The van der Waals surface area contributed by atoms with Crippen LogP contribution in [0.3, 0.4) is 0 Å². The number of ether oxygens (including phenoxy) is 1. The number of carboxylic acids is 1. The lowest BCUT2D eigenvalue weighted by molar-refractivity contribution is -0.159. The molecular weight excluding hydrogens is 260 g/mol. The molecule has 3 unspecified atom stereocenters. The van der Waals surface area contributed by atoms with Gasteiger partial charge in [0.25, 0.3) is 0 Å². The fourth-order valence-corrected chi connectivity index (χ4v) is 2.96. The summed E-state index contributed by atoms with van der Waals surface area (Å²) in [4.78, 5) is 24.8. The van der Waals surface area contributed by atoms with E-state index < -0.39 is 12.1 Å². The van der Waals surface area contributed by atoms with Crippen LogP contribution in [0, 0.1) is 11.8 Å². The van der Waals surface area contributed by atoms with Gasteiger partial charge in [-0.3, -0.25) is 4.79 Å². The molecule has 2 saturated heterocycles. The molecule has 0 aromatic heterocycles. The molecule has 6 heteroatoms. The largest absolute Gasteiger partial charge is 0.479 e. The van der Waals surface area contributed by atoms with E-state index in [9.17, 15) is 9.59 Å². The van der Waals surface area contributed by atoms with E-state index in [4.69, 9.17) is 9.84 Å². The van der Waals surface area contributed by atoms with Crippen LogP contribution < -0.4 is 5.32 Å². The highest BCUT2D eigenvalue weighted by Gasteiger charge is 2.30. The Morgan fingerprint density at radius 1 is 1.50 bits per heavy atom. The topological polar surface area (TPSA) is 78.9 Å². The minimum atomic E-state index is -0.993. The van der Waals surface area contributed by atoms with Crippen LogP contribution in [0.2, 0.25) is 0 Å². The van der Waals surface area contributed by atoms with Crippen LogP contribution in [0.5, 0.6) is 0 Å². The number of amides is 1. The monoisotopic (exact) mass is 284 g/mol. The lowest BCUT2D eigenvalue weighted by Gasteiger charge is -2.33. The number of carbonyl (C=O) groups is 2. The van der Waals surface area contributed by atoms with Gasteiger partial charge in [-0.15, -0.1) is 0 Å². The van der Waals surface area contributed by atoms with Gasteiger partial charge >= 0.3 is 5.97 Å². The third kappa shape index (κ3) is 3.93. The highest BCUT2D eigenvalue weighted by atomic mass is 16.5. The van der Waals surface area contributed by atoms with Gasteiger partial charge in [0, 0.05) is 13.0 Å². The van der Waals surface area contributed by atoms with E-state index in [0.29, 0.717) is 31.4 Å². The van der Waals surface area contributed by atoms with Crippen molar-refractivity contribution in [2.24, 2.45) is 11.8 Å². The Hall–Kier alpha value is -1.14. The standard InChI is InChI=1S/C14H24N2O4/c1-10(11-3-2-4-15-8-11)7-13(17)16-5-6-20-12(9-16)14(18)19/h10-12,15H,2-9H2,1H3,(H,18,19). The highest BCUT2D eigenvalue weighted by Crippen LogP contribution is 2.23. The molecule has 2 heterocycles. The van der Waals surface area contributed by atoms with Gasteiger partial charge in [-0.05, 0) is 37.8 Å². The summed E-state index contributed by atoms with van der Waals surface area (Å²) in [6.45, 7) is 5.14. The first-order valence-electron chi connectivity index (χ1n) is 7.41. The van der Waals surface area contributed by atoms with E-state index in [-0.39, 0.29) is 12.5 Å². The van der Waals surface area contributed by atoms with E-state index in [0.717, 1.165) is 13.1 Å². The fourth-order valence-electron chi connectivity index (χ4n) is 2.96. The maximum Gasteiger partial charge on any atom is 0.334 e. The summed E-state index contributed by atoms with van der Waals surface area (Å²) in [5.74, 6) is -0.0601. The van der Waals surface area contributed by atoms with Crippen LogP contribution >= 0.6 is 0 Å². The molecule has 2 aliphatic heterocycles. The molecule has 20 heavy (non-hydrogen) atoms. The van der Waals surface area contributed by atoms with Crippen LogP contribution in [-0.2, 0) is 14.3 Å². The SMILES string of the molecule is CC(CC(=O)N1CCOC(C(=O)O)C1)C1CCCNC1. The summed E-state index contributed by atoms with van der Waals surface area (Å²) in [6, 6.07) is 0. The third-order valence-corrected chi connectivity index (χ3v) is 4.33. The Morgan fingerprint density at radius 2 is 2.30 bits per heavy atom. The minimum absolute atomic E-state index is 0.0534. The van der Waals surface area contributed by atoms with Crippen molar-refractivity contribution >= 4 is 11.9 Å². The van der Waals surface area contributed by atoms with Gasteiger partial charge in [0.2, 0.25) is 5.91 Å². The molecule has 0 saturated carbocycles.